The summed E-state index contributed by atoms with van der Waals surface area (Å²) in [4.78, 5) is 12.6. The molecular formula is C17H18ClN3O6S. The number of ether oxygens (including phenoxy) is 3. The normalized spacial score (nSPS) is 17.1. The molecular weight excluding hydrogens is 410 g/mol. The van der Waals surface area contributed by atoms with Crippen molar-refractivity contribution < 1.29 is 27.4 Å². The topological polar surface area (TPSA) is 115 Å². The van der Waals surface area contributed by atoms with Gasteiger partial charge < -0.3 is 24.8 Å². The maximum atomic E-state index is 12.6. The van der Waals surface area contributed by atoms with Crippen LogP contribution in [0.15, 0.2) is 35.2 Å². The number of hydrogen-bond donors (Lipinski definition) is 3. The summed E-state index contributed by atoms with van der Waals surface area (Å²) in [6.45, 7) is 0. The highest BCUT2D eigenvalue weighted by molar-refractivity contribution is 7.89. The van der Waals surface area contributed by atoms with Gasteiger partial charge in [0.05, 0.1) is 27.0 Å². The van der Waals surface area contributed by atoms with E-state index in [0.717, 1.165) is 0 Å². The summed E-state index contributed by atoms with van der Waals surface area (Å²) in [7, 11) is 0.439. The summed E-state index contributed by atoms with van der Waals surface area (Å²) in [5.41, 5.74) is 0.607. The van der Waals surface area contributed by atoms with E-state index in [1.165, 1.54) is 51.7 Å². The Labute approximate surface area is 167 Å². The summed E-state index contributed by atoms with van der Waals surface area (Å²) >= 11 is 5.86. The van der Waals surface area contributed by atoms with Gasteiger partial charge in [-0.1, -0.05) is 11.6 Å². The first-order chi connectivity index (χ1) is 13.3. The van der Waals surface area contributed by atoms with Crippen molar-refractivity contribution in [3.05, 3.63) is 35.4 Å². The molecule has 28 heavy (non-hydrogen) atoms. The largest absolute Gasteiger partial charge is 0.493 e. The SMILES string of the molecule is COc1cc(NC(=O)[C@H]2Nc3ccc(Cl)cc3S(=O)(=O)N2)cc(OC)c1OC. The van der Waals surface area contributed by atoms with Crippen LogP contribution in [0.3, 0.4) is 0 Å². The second-order valence-electron chi connectivity index (χ2n) is 5.74. The van der Waals surface area contributed by atoms with Gasteiger partial charge in [0.2, 0.25) is 15.8 Å². The highest BCUT2D eigenvalue weighted by atomic mass is 35.5. The fourth-order valence-electron chi connectivity index (χ4n) is 2.73. The lowest BCUT2D eigenvalue weighted by Gasteiger charge is -2.27. The van der Waals surface area contributed by atoms with Gasteiger partial charge >= 0.3 is 0 Å². The van der Waals surface area contributed by atoms with Crippen molar-refractivity contribution in [2.24, 2.45) is 0 Å². The molecule has 1 aliphatic heterocycles. The third-order valence-corrected chi connectivity index (χ3v) is 5.70. The number of amides is 1. The Kier molecular flexibility index (Phi) is 5.54. The van der Waals surface area contributed by atoms with Gasteiger partial charge in [-0.05, 0) is 18.2 Å². The molecule has 3 N–H and O–H groups in total. The number of rotatable bonds is 5. The summed E-state index contributed by atoms with van der Waals surface area (Å²) in [6.07, 6.45) is -1.22. The van der Waals surface area contributed by atoms with E-state index in [9.17, 15) is 13.2 Å². The maximum Gasteiger partial charge on any atom is 0.262 e. The minimum Gasteiger partial charge on any atom is -0.493 e. The lowest BCUT2D eigenvalue weighted by Crippen LogP contribution is -2.51. The third-order valence-electron chi connectivity index (χ3n) is 4.00. The Hall–Kier alpha value is -2.69. The second-order valence-corrected chi connectivity index (χ2v) is 7.86. The molecule has 0 unspecified atom stereocenters. The highest BCUT2D eigenvalue weighted by Gasteiger charge is 2.33. The number of benzene rings is 2. The first kappa shape index (κ1) is 20.1. The van der Waals surface area contributed by atoms with Crippen LogP contribution in [-0.4, -0.2) is 41.8 Å². The number of anilines is 2. The van der Waals surface area contributed by atoms with E-state index < -0.39 is 22.1 Å². The van der Waals surface area contributed by atoms with Gasteiger partial charge in [0.15, 0.2) is 17.7 Å². The number of carbonyl (C=O) groups excluding carboxylic acids is 1. The van der Waals surface area contributed by atoms with Crippen LogP contribution in [-0.2, 0) is 14.8 Å². The molecule has 1 atom stereocenters. The Balaban J connectivity index is 1.87. The molecule has 0 saturated carbocycles. The Morgan fingerprint density at radius 1 is 1.07 bits per heavy atom. The zero-order chi connectivity index (χ0) is 20.5. The van der Waals surface area contributed by atoms with Crippen LogP contribution < -0.4 is 29.6 Å². The number of hydrogen-bond acceptors (Lipinski definition) is 7. The molecule has 0 aromatic heterocycles. The number of nitrogens with one attached hydrogen (secondary N) is 3. The minimum absolute atomic E-state index is 0.0307. The maximum absolute atomic E-state index is 12.6. The highest BCUT2D eigenvalue weighted by Crippen LogP contribution is 2.40. The Morgan fingerprint density at radius 2 is 1.71 bits per heavy atom. The third kappa shape index (κ3) is 3.79. The van der Waals surface area contributed by atoms with Crippen LogP contribution in [0.2, 0.25) is 5.02 Å². The van der Waals surface area contributed by atoms with E-state index in [2.05, 4.69) is 15.4 Å². The summed E-state index contributed by atoms with van der Waals surface area (Å²) in [5.74, 6) is 0.424. The first-order valence-corrected chi connectivity index (χ1v) is 9.84. The fraction of sp³-hybridized carbons (Fsp3) is 0.235. The first-order valence-electron chi connectivity index (χ1n) is 7.98. The van der Waals surface area contributed by atoms with Crippen molar-refractivity contribution >= 4 is 38.9 Å². The number of methoxy groups -OCH3 is 3. The Morgan fingerprint density at radius 3 is 2.29 bits per heavy atom. The molecule has 3 rings (SSSR count). The van der Waals surface area contributed by atoms with E-state index in [1.54, 1.807) is 0 Å². The smallest absolute Gasteiger partial charge is 0.262 e. The van der Waals surface area contributed by atoms with E-state index in [-0.39, 0.29) is 15.6 Å². The number of sulfonamides is 1. The quantitative estimate of drug-likeness (QED) is 0.668. The van der Waals surface area contributed by atoms with Crippen LogP contribution in [0, 0.1) is 0 Å². The van der Waals surface area contributed by atoms with E-state index in [4.69, 9.17) is 25.8 Å². The summed E-state index contributed by atoms with van der Waals surface area (Å²) in [5, 5.41) is 5.72. The molecule has 1 amide bonds. The van der Waals surface area contributed by atoms with Crippen molar-refractivity contribution in [1.29, 1.82) is 0 Å². The van der Waals surface area contributed by atoms with Gasteiger partial charge in [0, 0.05) is 22.8 Å². The zero-order valence-electron chi connectivity index (χ0n) is 15.2. The average Bonchev–Trinajstić information content (AvgIpc) is 2.67. The average molecular weight is 428 g/mol. The van der Waals surface area contributed by atoms with Crippen LogP contribution in [0.25, 0.3) is 0 Å². The summed E-state index contributed by atoms with van der Waals surface area (Å²) in [6, 6.07) is 7.40. The molecule has 0 fully saturated rings. The van der Waals surface area contributed by atoms with Crippen molar-refractivity contribution in [2.45, 2.75) is 11.1 Å². The van der Waals surface area contributed by atoms with Crippen LogP contribution in [0.4, 0.5) is 11.4 Å². The molecule has 0 saturated heterocycles. The monoisotopic (exact) mass is 427 g/mol. The van der Waals surface area contributed by atoms with Crippen molar-refractivity contribution in [2.75, 3.05) is 32.0 Å². The molecule has 0 radical (unpaired) electrons. The molecule has 9 nitrogen and oxygen atoms in total. The standard InChI is InChI=1S/C17H18ClN3O6S/c1-25-12-7-10(8-13(26-2)15(12)27-3)19-17(22)16-20-11-5-4-9(18)6-14(11)28(23,24)21-16/h4-8,16,20-21H,1-3H3,(H,19,22)/t16-/m0/s1. The van der Waals surface area contributed by atoms with Gasteiger partial charge in [-0.3, -0.25) is 4.79 Å². The van der Waals surface area contributed by atoms with Gasteiger partial charge in [-0.25, -0.2) is 8.42 Å². The molecule has 0 spiro atoms. The van der Waals surface area contributed by atoms with Crippen molar-refractivity contribution in [3.63, 3.8) is 0 Å². The van der Waals surface area contributed by atoms with Crippen molar-refractivity contribution in [1.82, 2.24) is 4.72 Å². The predicted molar refractivity (Wildman–Crippen MR) is 104 cm³/mol. The number of halogens is 1. The predicted octanol–water partition coefficient (Wildman–Crippen LogP) is 2.03. The van der Waals surface area contributed by atoms with Crippen LogP contribution in [0.5, 0.6) is 17.2 Å². The molecule has 0 bridgehead atoms. The minimum atomic E-state index is -3.91. The fourth-order valence-corrected chi connectivity index (χ4v) is 4.27. The number of fused-ring (bicyclic) bond motifs is 1. The summed E-state index contributed by atoms with van der Waals surface area (Å²) < 4.78 is 42.9. The van der Waals surface area contributed by atoms with Gasteiger partial charge in [-0.15, -0.1) is 0 Å². The second kappa shape index (κ2) is 7.74. The van der Waals surface area contributed by atoms with Gasteiger partial charge in [0.25, 0.3) is 5.91 Å². The van der Waals surface area contributed by atoms with E-state index >= 15 is 0 Å². The number of carbonyl (C=O) groups is 1. The molecule has 2 aromatic rings. The molecule has 0 aliphatic carbocycles. The molecule has 1 heterocycles. The molecule has 1 aliphatic rings. The lowest BCUT2D eigenvalue weighted by molar-refractivity contribution is -0.117. The van der Waals surface area contributed by atoms with Gasteiger partial charge in [-0.2, -0.15) is 4.72 Å². The van der Waals surface area contributed by atoms with E-state index in [0.29, 0.717) is 22.9 Å². The molecule has 11 heteroatoms. The molecule has 2 aromatic carbocycles. The van der Waals surface area contributed by atoms with Crippen LogP contribution >= 0.6 is 11.6 Å². The van der Waals surface area contributed by atoms with E-state index in [1.807, 2.05) is 0 Å². The van der Waals surface area contributed by atoms with Gasteiger partial charge in [0.1, 0.15) is 4.90 Å². The lowest BCUT2D eigenvalue weighted by atomic mass is 10.2. The van der Waals surface area contributed by atoms with Crippen molar-refractivity contribution in [3.8, 4) is 17.2 Å². The molecule has 150 valence electrons. The van der Waals surface area contributed by atoms with Crippen LogP contribution in [0.1, 0.15) is 0 Å². The Bertz CT molecular complexity index is 1000. The zero-order valence-corrected chi connectivity index (χ0v) is 16.8.